The van der Waals surface area contributed by atoms with Gasteiger partial charge in [-0.15, -0.1) is 10.2 Å². The van der Waals surface area contributed by atoms with Crippen molar-refractivity contribution in [3.8, 4) is 5.69 Å². The number of nitrogens with zero attached hydrogens (tertiary/aromatic N) is 6. The molecule has 1 aliphatic rings. The van der Waals surface area contributed by atoms with Crippen molar-refractivity contribution in [2.24, 2.45) is 0 Å². The molecule has 168 valence electrons. The minimum Gasteiger partial charge on any atom is -0.321 e. The fraction of sp³-hybridized carbons (Fsp3) is 0.320. The third kappa shape index (κ3) is 4.55. The first kappa shape index (κ1) is 21.1. The average molecular weight is 442 g/mol. The smallest absolute Gasteiger partial charge is 0.274 e. The molecule has 1 fully saturated rings. The quantitative estimate of drug-likeness (QED) is 0.457. The van der Waals surface area contributed by atoms with Gasteiger partial charge < -0.3 is 14.5 Å². The molecule has 8 heteroatoms. The zero-order valence-corrected chi connectivity index (χ0v) is 19.1. The van der Waals surface area contributed by atoms with Crippen LogP contribution in [0.25, 0.3) is 5.69 Å². The van der Waals surface area contributed by atoms with E-state index in [4.69, 9.17) is 0 Å². The van der Waals surface area contributed by atoms with Crippen LogP contribution in [0.5, 0.6) is 0 Å². The SMILES string of the molecule is Cc1ccc(NC(=O)c2cccc(Cc3nncn3C(C)C)n2)cc1-n1cnc(C2CC2)c1. The third-order valence-corrected chi connectivity index (χ3v) is 5.93. The van der Waals surface area contributed by atoms with E-state index >= 15 is 0 Å². The minimum absolute atomic E-state index is 0.249. The number of aromatic nitrogens is 6. The summed E-state index contributed by atoms with van der Waals surface area (Å²) in [5.74, 6) is 1.17. The van der Waals surface area contributed by atoms with Crippen molar-refractivity contribution in [3.63, 3.8) is 0 Å². The summed E-state index contributed by atoms with van der Waals surface area (Å²) in [5.41, 5.74) is 5.10. The molecule has 0 radical (unpaired) electrons. The van der Waals surface area contributed by atoms with Crippen LogP contribution in [0.1, 0.15) is 71.9 Å². The van der Waals surface area contributed by atoms with Crippen LogP contribution >= 0.6 is 0 Å². The van der Waals surface area contributed by atoms with Crippen molar-refractivity contribution >= 4 is 11.6 Å². The molecule has 1 aromatic carbocycles. The topological polar surface area (TPSA) is 90.5 Å². The first-order valence-corrected chi connectivity index (χ1v) is 11.3. The number of carbonyl (C=O) groups is 1. The molecule has 33 heavy (non-hydrogen) atoms. The molecule has 0 saturated heterocycles. The van der Waals surface area contributed by atoms with Crippen molar-refractivity contribution in [2.45, 2.75) is 52.0 Å². The zero-order valence-electron chi connectivity index (χ0n) is 19.1. The number of pyridine rings is 1. The number of hydrogen-bond acceptors (Lipinski definition) is 5. The standard InChI is InChI=1S/C25H27N7O/c1-16(2)32-15-27-30-24(32)12-19-5-4-6-21(28-19)25(33)29-20-10-7-17(3)23(11-20)31-13-22(26-14-31)18-8-9-18/h4-7,10-11,13-16,18H,8-9,12H2,1-3H3,(H,29,33). The Bertz CT molecular complexity index is 1300. The van der Waals surface area contributed by atoms with Crippen LogP contribution in [0.15, 0.2) is 55.2 Å². The molecule has 3 heterocycles. The van der Waals surface area contributed by atoms with Crippen LogP contribution in [-0.4, -0.2) is 35.2 Å². The molecule has 1 N–H and O–H groups in total. The van der Waals surface area contributed by atoms with Gasteiger partial charge in [-0.05, 0) is 63.4 Å². The van der Waals surface area contributed by atoms with Crippen LogP contribution in [0.4, 0.5) is 5.69 Å². The number of anilines is 1. The third-order valence-electron chi connectivity index (χ3n) is 5.93. The van der Waals surface area contributed by atoms with Gasteiger partial charge in [0.2, 0.25) is 0 Å². The molecular weight excluding hydrogens is 414 g/mol. The lowest BCUT2D eigenvalue weighted by atomic mass is 10.1. The molecule has 0 aliphatic heterocycles. The van der Waals surface area contributed by atoms with E-state index in [2.05, 4.69) is 52.5 Å². The number of aryl methyl sites for hydroxylation is 1. The van der Waals surface area contributed by atoms with E-state index in [1.165, 1.54) is 12.8 Å². The molecule has 5 rings (SSSR count). The summed E-state index contributed by atoms with van der Waals surface area (Å²) in [5, 5.41) is 11.2. The number of nitrogens with one attached hydrogen (secondary N) is 1. The number of hydrogen-bond donors (Lipinski definition) is 1. The maximum Gasteiger partial charge on any atom is 0.274 e. The number of amides is 1. The van der Waals surface area contributed by atoms with E-state index in [0.717, 1.165) is 28.5 Å². The van der Waals surface area contributed by atoms with Crippen molar-refractivity contribution in [2.75, 3.05) is 5.32 Å². The largest absolute Gasteiger partial charge is 0.321 e. The minimum atomic E-state index is -0.249. The Kier molecular flexibility index (Phi) is 5.50. The van der Waals surface area contributed by atoms with Gasteiger partial charge in [0.15, 0.2) is 0 Å². The van der Waals surface area contributed by atoms with Gasteiger partial charge in [0.1, 0.15) is 17.8 Å². The number of imidazole rings is 1. The van der Waals surface area contributed by atoms with Crippen LogP contribution in [0.2, 0.25) is 0 Å². The number of rotatable bonds is 7. The summed E-state index contributed by atoms with van der Waals surface area (Å²) in [6.07, 6.45) is 8.61. The fourth-order valence-electron chi connectivity index (χ4n) is 3.91. The zero-order chi connectivity index (χ0) is 22.9. The van der Waals surface area contributed by atoms with E-state index in [1.54, 1.807) is 12.4 Å². The van der Waals surface area contributed by atoms with Gasteiger partial charge in [-0.1, -0.05) is 12.1 Å². The van der Waals surface area contributed by atoms with Crippen LogP contribution in [-0.2, 0) is 6.42 Å². The molecule has 1 saturated carbocycles. The Morgan fingerprint density at radius 3 is 2.82 bits per heavy atom. The Balaban J connectivity index is 1.33. The second kappa shape index (κ2) is 8.61. The maximum atomic E-state index is 13.0. The first-order valence-electron chi connectivity index (χ1n) is 11.3. The van der Waals surface area contributed by atoms with Crippen LogP contribution in [0, 0.1) is 6.92 Å². The Labute approximate surface area is 192 Å². The van der Waals surface area contributed by atoms with E-state index in [-0.39, 0.29) is 11.9 Å². The van der Waals surface area contributed by atoms with Crippen LogP contribution < -0.4 is 5.32 Å². The lowest BCUT2D eigenvalue weighted by Crippen LogP contribution is -2.15. The molecule has 1 amide bonds. The predicted octanol–water partition coefficient (Wildman–Crippen LogP) is 4.47. The normalized spacial score (nSPS) is 13.5. The second-order valence-electron chi connectivity index (χ2n) is 8.87. The van der Waals surface area contributed by atoms with Gasteiger partial charge in [0, 0.05) is 29.5 Å². The summed E-state index contributed by atoms with van der Waals surface area (Å²) in [4.78, 5) is 22.1. The molecule has 1 aliphatic carbocycles. The summed E-state index contributed by atoms with van der Waals surface area (Å²) in [6, 6.07) is 11.6. The highest BCUT2D eigenvalue weighted by Crippen LogP contribution is 2.39. The average Bonchev–Trinajstić information content (AvgIpc) is 3.34. The highest BCUT2D eigenvalue weighted by atomic mass is 16.1. The van der Waals surface area contributed by atoms with Gasteiger partial charge in [0.25, 0.3) is 5.91 Å². The van der Waals surface area contributed by atoms with E-state index in [9.17, 15) is 4.79 Å². The molecule has 0 bridgehead atoms. The van der Waals surface area contributed by atoms with Crippen molar-refractivity contribution in [1.29, 1.82) is 0 Å². The van der Waals surface area contributed by atoms with Gasteiger partial charge >= 0.3 is 0 Å². The maximum absolute atomic E-state index is 13.0. The molecule has 0 spiro atoms. The molecule has 8 nitrogen and oxygen atoms in total. The Hall–Kier alpha value is -3.81. The molecule has 3 aromatic heterocycles. The molecule has 0 atom stereocenters. The van der Waals surface area contributed by atoms with Crippen molar-refractivity contribution in [1.82, 2.24) is 29.3 Å². The lowest BCUT2D eigenvalue weighted by Gasteiger charge is -2.12. The van der Waals surface area contributed by atoms with E-state index < -0.39 is 0 Å². The lowest BCUT2D eigenvalue weighted by molar-refractivity contribution is 0.102. The van der Waals surface area contributed by atoms with Gasteiger partial charge in [-0.3, -0.25) is 4.79 Å². The van der Waals surface area contributed by atoms with E-state index in [0.29, 0.717) is 23.7 Å². The van der Waals surface area contributed by atoms with E-state index in [1.807, 2.05) is 45.8 Å². The van der Waals surface area contributed by atoms with Gasteiger partial charge in [-0.25, -0.2) is 9.97 Å². The monoisotopic (exact) mass is 441 g/mol. The van der Waals surface area contributed by atoms with Gasteiger partial charge in [-0.2, -0.15) is 0 Å². The highest BCUT2D eigenvalue weighted by Gasteiger charge is 2.26. The Morgan fingerprint density at radius 1 is 1.18 bits per heavy atom. The summed E-state index contributed by atoms with van der Waals surface area (Å²) < 4.78 is 4.04. The second-order valence-corrected chi connectivity index (χ2v) is 8.87. The van der Waals surface area contributed by atoms with Crippen LogP contribution in [0.3, 0.4) is 0 Å². The predicted molar refractivity (Wildman–Crippen MR) is 126 cm³/mol. The highest BCUT2D eigenvalue weighted by molar-refractivity contribution is 6.03. The summed E-state index contributed by atoms with van der Waals surface area (Å²) in [6.45, 7) is 6.21. The molecular formula is C25H27N7O. The molecule has 0 unspecified atom stereocenters. The number of benzene rings is 1. The van der Waals surface area contributed by atoms with Gasteiger partial charge in [0.05, 0.1) is 24.1 Å². The van der Waals surface area contributed by atoms with Crippen molar-refractivity contribution in [3.05, 3.63) is 83.7 Å². The summed E-state index contributed by atoms with van der Waals surface area (Å²) in [7, 11) is 0. The first-order chi connectivity index (χ1) is 16.0. The van der Waals surface area contributed by atoms with Crippen molar-refractivity contribution < 1.29 is 4.79 Å². The Morgan fingerprint density at radius 2 is 2.03 bits per heavy atom. The number of carbonyl (C=O) groups excluding carboxylic acids is 1. The molecule has 4 aromatic rings. The summed E-state index contributed by atoms with van der Waals surface area (Å²) >= 11 is 0. The fourth-order valence-corrected chi connectivity index (χ4v) is 3.91.